The van der Waals surface area contributed by atoms with Gasteiger partial charge in [0, 0.05) is 12.1 Å². The van der Waals surface area contributed by atoms with Gasteiger partial charge in [0.2, 0.25) is 0 Å². The summed E-state index contributed by atoms with van der Waals surface area (Å²) in [5.41, 5.74) is 7.36. The maximum atomic E-state index is 9.34. The van der Waals surface area contributed by atoms with E-state index in [1.165, 1.54) is 0 Å². The van der Waals surface area contributed by atoms with E-state index in [-0.39, 0.29) is 29.2 Å². The first kappa shape index (κ1) is 14.8. The second kappa shape index (κ2) is 6.74. The summed E-state index contributed by atoms with van der Waals surface area (Å²) in [6, 6.07) is 15.4. The first-order chi connectivity index (χ1) is 10.7. The van der Waals surface area contributed by atoms with Crippen LogP contribution in [-0.2, 0) is 13.0 Å². The molecule has 0 spiro atoms. The highest BCUT2D eigenvalue weighted by atomic mass is 15.0. The number of pyridine rings is 1. The molecule has 6 heteroatoms. The van der Waals surface area contributed by atoms with Gasteiger partial charge in [0.1, 0.15) is 29.3 Å². The summed E-state index contributed by atoms with van der Waals surface area (Å²) in [6.45, 7) is 0.458. The Labute approximate surface area is 128 Å². The second-order valence-corrected chi connectivity index (χ2v) is 4.47. The van der Waals surface area contributed by atoms with Gasteiger partial charge in [-0.25, -0.2) is 4.98 Å². The molecule has 2 rings (SSSR count). The van der Waals surface area contributed by atoms with Crippen LogP contribution >= 0.6 is 0 Å². The van der Waals surface area contributed by atoms with Gasteiger partial charge in [0.25, 0.3) is 0 Å². The average molecular weight is 288 g/mol. The van der Waals surface area contributed by atoms with Crippen molar-refractivity contribution in [2.75, 3.05) is 11.1 Å². The van der Waals surface area contributed by atoms with E-state index in [1.807, 2.05) is 48.5 Å². The van der Waals surface area contributed by atoms with Gasteiger partial charge in [0.05, 0.1) is 18.1 Å². The molecular formula is C16H12N6. The molecule has 0 fully saturated rings. The lowest BCUT2D eigenvalue weighted by Crippen LogP contribution is -2.10. The fourth-order valence-electron chi connectivity index (χ4n) is 2.07. The highest BCUT2D eigenvalue weighted by Crippen LogP contribution is 2.25. The lowest BCUT2D eigenvalue weighted by Gasteiger charge is -2.12. The molecule has 0 aliphatic heterocycles. The standard InChI is InChI=1S/C16H12N6/c17-7-6-12-13(8-18)15(20)22-16(14(12)9-19)21-10-11-4-2-1-3-5-11/h1-5H,6,10H2,(H3,20,21,22). The van der Waals surface area contributed by atoms with Gasteiger partial charge < -0.3 is 11.1 Å². The predicted octanol–water partition coefficient (Wildman–Crippen LogP) is 2.09. The minimum Gasteiger partial charge on any atom is -0.383 e. The predicted molar refractivity (Wildman–Crippen MR) is 81.2 cm³/mol. The van der Waals surface area contributed by atoms with Gasteiger partial charge in [-0.1, -0.05) is 30.3 Å². The van der Waals surface area contributed by atoms with Gasteiger partial charge in [-0.2, -0.15) is 15.8 Å². The Morgan fingerprint density at radius 2 is 1.73 bits per heavy atom. The molecule has 6 nitrogen and oxygen atoms in total. The monoisotopic (exact) mass is 288 g/mol. The van der Waals surface area contributed by atoms with E-state index in [4.69, 9.17) is 16.3 Å². The van der Waals surface area contributed by atoms with Crippen LogP contribution in [0.25, 0.3) is 0 Å². The fraction of sp³-hybridized carbons (Fsp3) is 0.125. The Morgan fingerprint density at radius 3 is 2.32 bits per heavy atom. The Morgan fingerprint density at radius 1 is 1.05 bits per heavy atom. The smallest absolute Gasteiger partial charge is 0.147 e. The Bertz CT molecular complexity index is 806. The number of nitrogen functional groups attached to an aromatic ring is 1. The minimum atomic E-state index is -0.0709. The van der Waals surface area contributed by atoms with Gasteiger partial charge in [0.15, 0.2) is 0 Å². The molecule has 3 N–H and O–H groups in total. The summed E-state index contributed by atoms with van der Waals surface area (Å²) in [7, 11) is 0. The van der Waals surface area contributed by atoms with E-state index >= 15 is 0 Å². The zero-order valence-electron chi connectivity index (χ0n) is 11.7. The van der Waals surface area contributed by atoms with E-state index in [0.29, 0.717) is 12.1 Å². The molecule has 22 heavy (non-hydrogen) atoms. The van der Waals surface area contributed by atoms with Crippen molar-refractivity contribution in [2.45, 2.75) is 13.0 Å². The summed E-state index contributed by atoms with van der Waals surface area (Å²) in [4.78, 5) is 4.08. The molecule has 0 aliphatic rings. The van der Waals surface area contributed by atoms with Crippen molar-refractivity contribution in [3.63, 3.8) is 0 Å². The fourth-order valence-corrected chi connectivity index (χ4v) is 2.07. The number of nitrogens with zero attached hydrogens (tertiary/aromatic N) is 4. The summed E-state index contributed by atoms with van der Waals surface area (Å²) in [6.07, 6.45) is -0.0709. The third kappa shape index (κ3) is 2.95. The van der Waals surface area contributed by atoms with Crippen LogP contribution in [0.4, 0.5) is 11.6 Å². The molecule has 106 valence electrons. The van der Waals surface area contributed by atoms with Crippen LogP contribution in [0.5, 0.6) is 0 Å². The Hall–Kier alpha value is -3.56. The van der Waals surface area contributed by atoms with Crippen LogP contribution in [-0.4, -0.2) is 4.98 Å². The highest BCUT2D eigenvalue weighted by molar-refractivity contribution is 5.68. The summed E-state index contributed by atoms with van der Waals surface area (Å²) < 4.78 is 0. The van der Waals surface area contributed by atoms with E-state index in [9.17, 15) is 5.26 Å². The van der Waals surface area contributed by atoms with Gasteiger partial charge in [-0.3, -0.25) is 0 Å². The number of hydrogen-bond donors (Lipinski definition) is 2. The molecule has 0 saturated heterocycles. The largest absolute Gasteiger partial charge is 0.383 e. The quantitative estimate of drug-likeness (QED) is 0.888. The van der Waals surface area contributed by atoms with Gasteiger partial charge in [-0.05, 0) is 5.56 Å². The number of rotatable bonds is 4. The van der Waals surface area contributed by atoms with E-state index < -0.39 is 0 Å². The molecule has 0 saturated carbocycles. The van der Waals surface area contributed by atoms with E-state index in [0.717, 1.165) is 5.56 Å². The molecule has 1 aromatic heterocycles. The topological polar surface area (TPSA) is 122 Å². The number of nitrogens with two attached hydrogens (primary N) is 1. The van der Waals surface area contributed by atoms with Gasteiger partial charge >= 0.3 is 0 Å². The van der Waals surface area contributed by atoms with Crippen LogP contribution in [0.15, 0.2) is 30.3 Å². The molecule has 0 amide bonds. The van der Waals surface area contributed by atoms with Gasteiger partial charge in [-0.15, -0.1) is 0 Å². The zero-order valence-corrected chi connectivity index (χ0v) is 11.7. The Balaban J connectivity index is 2.42. The van der Waals surface area contributed by atoms with E-state index in [1.54, 1.807) is 0 Å². The lowest BCUT2D eigenvalue weighted by atomic mass is 10.0. The molecule has 0 aliphatic carbocycles. The molecule has 0 unspecified atom stereocenters. The molecule has 0 radical (unpaired) electrons. The normalized spacial score (nSPS) is 9.32. The maximum Gasteiger partial charge on any atom is 0.147 e. The number of benzene rings is 1. The van der Waals surface area contributed by atoms with Crippen molar-refractivity contribution in [1.82, 2.24) is 4.98 Å². The molecular weight excluding hydrogens is 276 g/mol. The Kier molecular flexibility index (Phi) is 4.55. The number of hydrogen-bond acceptors (Lipinski definition) is 6. The van der Waals surface area contributed by atoms with Crippen molar-refractivity contribution in [2.24, 2.45) is 0 Å². The number of aromatic nitrogens is 1. The van der Waals surface area contributed by atoms with Crippen LogP contribution in [0.2, 0.25) is 0 Å². The van der Waals surface area contributed by atoms with Crippen LogP contribution in [0, 0.1) is 34.0 Å². The lowest BCUT2D eigenvalue weighted by molar-refractivity contribution is 1.09. The number of nitrogens with one attached hydrogen (secondary N) is 1. The average Bonchev–Trinajstić information content (AvgIpc) is 2.54. The first-order valence-electron chi connectivity index (χ1n) is 6.48. The minimum absolute atomic E-state index is 0.0160. The maximum absolute atomic E-state index is 9.34. The summed E-state index contributed by atoms with van der Waals surface area (Å²) in [5, 5.41) is 30.4. The van der Waals surface area contributed by atoms with E-state index in [2.05, 4.69) is 10.3 Å². The van der Waals surface area contributed by atoms with Crippen molar-refractivity contribution < 1.29 is 0 Å². The van der Waals surface area contributed by atoms with Crippen LogP contribution in [0.1, 0.15) is 22.3 Å². The molecule has 2 aromatic rings. The zero-order chi connectivity index (χ0) is 15.9. The molecule has 0 bridgehead atoms. The highest BCUT2D eigenvalue weighted by Gasteiger charge is 2.18. The summed E-state index contributed by atoms with van der Waals surface area (Å²) >= 11 is 0. The number of nitriles is 3. The summed E-state index contributed by atoms with van der Waals surface area (Å²) in [5.74, 6) is 0.301. The molecule has 0 atom stereocenters. The molecule has 1 aromatic carbocycles. The third-order valence-corrected chi connectivity index (χ3v) is 3.11. The van der Waals surface area contributed by atoms with Crippen molar-refractivity contribution in [1.29, 1.82) is 15.8 Å². The first-order valence-corrected chi connectivity index (χ1v) is 6.48. The SMILES string of the molecule is N#CCc1c(C#N)c(N)nc(NCc2ccccc2)c1C#N. The van der Waals surface area contributed by atoms with Crippen molar-refractivity contribution in [3.8, 4) is 18.2 Å². The number of anilines is 2. The van der Waals surface area contributed by atoms with Crippen LogP contribution < -0.4 is 11.1 Å². The molecule has 1 heterocycles. The van der Waals surface area contributed by atoms with Crippen LogP contribution in [0.3, 0.4) is 0 Å². The van der Waals surface area contributed by atoms with Crippen molar-refractivity contribution >= 4 is 11.6 Å². The second-order valence-electron chi connectivity index (χ2n) is 4.47. The van der Waals surface area contributed by atoms with Crippen molar-refractivity contribution in [3.05, 3.63) is 52.6 Å². The third-order valence-electron chi connectivity index (χ3n) is 3.11.